The van der Waals surface area contributed by atoms with Gasteiger partial charge >= 0.3 is 5.97 Å². The SMILES string of the molecule is O=C(COC(=O)CNC(=O)c1ccc(F)cc1)Nc1ccc(F)cc1F. The summed E-state index contributed by atoms with van der Waals surface area (Å²) < 4.78 is 43.5. The van der Waals surface area contributed by atoms with Crippen molar-refractivity contribution < 1.29 is 32.3 Å². The van der Waals surface area contributed by atoms with Gasteiger partial charge in [-0.3, -0.25) is 14.4 Å². The van der Waals surface area contributed by atoms with Gasteiger partial charge in [-0.15, -0.1) is 0 Å². The van der Waals surface area contributed by atoms with Gasteiger partial charge in [0.1, 0.15) is 24.0 Å². The van der Waals surface area contributed by atoms with Crippen LogP contribution in [0.2, 0.25) is 0 Å². The van der Waals surface area contributed by atoms with Gasteiger partial charge in [-0.05, 0) is 36.4 Å². The van der Waals surface area contributed by atoms with E-state index in [2.05, 4.69) is 15.4 Å². The standard InChI is InChI=1S/C17H13F3N2O4/c18-11-3-1-10(2-4-11)17(25)21-8-16(24)26-9-15(23)22-14-6-5-12(19)7-13(14)20/h1-7H,8-9H2,(H,21,25)(H,22,23). The van der Waals surface area contributed by atoms with Crippen LogP contribution in [-0.2, 0) is 14.3 Å². The number of anilines is 1. The van der Waals surface area contributed by atoms with Gasteiger partial charge in [0.05, 0.1) is 5.69 Å². The highest BCUT2D eigenvalue weighted by Crippen LogP contribution is 2.14. The van der Waals surface area contributed by atoms with Gasteiger partial charge in [-0.2, -0.15) is 0 Å². The van der Waals surface area contributed by atoms with Gasteiger partial charge < -0.3 is 15.4 Å². The minimum atomic E-state index is -0.976. The zero-order valence-electron chi connectivity index (χ0n) is 13.2. The largest absolute Gasteiger partial charge is 0.454 e. The molecule has 2 rings (SSSR count). The average molecular weight is 366 g/mol. The van der Waals surface area contributed by atoms with Crippen LogP contribution in [0.1, 0.15) is 10.4 Å². The van der Waals surface area contributed by atoms with Crippen molar-refractivity contribution in [3.05, 3.63) is 65.5 Å². The van der Waals surface area contributed by atoms with E-state index in [1.165, 1.54) is 12.1 Å². The molecule has 26 heavy (non-hydrogen) atoms. The molecule has 2 amide bonds. The number of carbonyl (C=O) groups is 3. The summed E-state index contributed by atoms with van der Waals surface area (Å²) in [6, 6.07) is 7.22. The molecule has 9 heteroatoms. The van der Waals surface area contributed by atoms with E-state index in [4.69, 9.17) is 0 Å². The Hall–Kier alpha value is -3.36. The fourth-order valence-corrected chi connectivity index (χ4v) is 1.83. The van der Waals surface area contributed by atoms with Gasteiger partial charge in [-0.25, -0.2) is 13.2 Å². The molecule has 0 saturated heterocycles. The first-order chi connectivity index (χ1) is 12.3. The van der Waals surface area contributed by atoms with Crippen molar-refractivity contribution in [1.82, 2.24) is 5.32 Å². The van der Waals surface area contributed by atoms with Crippen LogP contribution in [0.25, 0.3) is 0 Å². The Kier molecular flexibility index (Phi) is 6.31. The molecule has 0 unspecified atom stereocenters. The monoisotopic (exact) mass is 366 g/mol. The molecule has 0 aromatic heterocycles. The van der Waals surface area contributed by atoms with E-state index < -0.39 is 48.4 Å². The lowest BCUT2D eigenvalue weighted by atomic mass is 10.2. The molecule has 0 atom stereocenters. The van der Waals surface area contributed by atoms with Crippen LogP contribution in [0.15, 0.2) is 42.5 Å². The summed E-state index contributed by atoms with van der Waals surface area (Å²) in [7, 11) is 0. The maximum absolute atomic E-state index is 13.4. The third kappa shape index (κ3) is 5.62. The predicted molar refractivity (Wildman–Crippen MR) is 84.7 cm³/mol. The number of benzene rings is 2. The van der Waals surface area contributed by atoms with Crippen LogP contribution in [0.4, 0.5) is 18.9 Å². The third-order valence-corrected chi connectivity index (χ3v) is 3.07. The molecule has 0 bridgehead atoms. The summed E-state index contributed by atoms with van der Waals surface area (Å²) >= 11 is 0. The molecule has 2 N–H and O–H groups in total. The second-order valence-electron chi connectivity index (χ2n) is 5.02. The molecule has 0 aliphatic rings. The molecule has 2 aromatic rings. The highest BCUT2D eigenvalue weighted by molar-refractivity contribution is 5.96. The topological polar surface area (TPSA) is 84.5 Å². The Morgan fingerprint density at radius 2 is 1.58 bits per heavy atom. The van der Waals surface area contributed by atoms with Crippen molar-refractivity contribution in [2.45, 2.75) is 0 Å². The van der Waals surface area contributed by atoms with E-state index >= 15 is 0 Å². The van der Waals surface area contributed by atoms with E-state index in [-0.39, 0.29) is 11.3 Å². The van der Waals surface area contributed by atoms with Crippen LogP contribution in [0, 0.1) is 17.5 Å². The van der Waals surface area contributed by atoms with E-state index in [1.807, 2.05) is 0 Å². The van der Waals surface area contributed by atoms with Gasteiger partial charge in [0.25, 0.3) is 11.8 Å². The Labute approximate surface area is 146 Å². The molecule has 0 aliphatic carbocycles. The van der Waals surface area contributed by atoms with Crippen LogP contribution < -0.4 is 10.6 Å². The van der Waals surface area contributed by atoms with Gasteiger partial charge in [-0.1, -0.05) is 0 Å². The second-order valence-corrected chi connectivity index (χ2v) is 5.02. The van der Waals surface area contributed by atoms with E-state index in [1.54, 1.807) is 0 Å². The molecule has 2 aromatic carbocycles. The number of halogens is 3. The van der Waals surface area contributed by atoms with Crippen molar-refractivity contribution in [2.75, 3.05) is 18.5 Å². The smallest absolute Gasteiger partial charge is 0.325 e. The van der Waals surface area contributed by atoms with Crippen LogP contribution in [0.5, 0.6) is 0 Å². The lowest BCUT2D eigenvalue weighted by Gasteiger charge is -2.08. The summed E-state index contributed by atoms with van der Waals surface area (Å²) in [5.41, 5.74) is -0.124. The lowest BCUT2D eigenvalue weighted by molar-refractivity contribution is -0.146. The first-order valence-corrected chi connectivity index (χ1v) is 7.29. The van der Waals surface area contributed by atoms with Crippen LogP contribution in [-0.4, -0.2) is 30.9 Å². The Morgan fingerprint density at radius 1 is 0.923 bits per heavy atom. The number of amides is 2. The summed E-state index contributed by atoms with van der Waals surface area (Å²) in [6.07, 6.45) is 0. The normalized spacial score (nSPS) is 10.1. The predicted octanol–water partition coefficient (Wildman–Crippen LogP) is 2.02. The maximum Gasteiger partial charge on any atom is 0.325 e. The highest BCUT2D eigenvalue weighted by Gasteiger charge is 2.12. The molecule has 0 saturated carbocycles. The summed E-state index contributed by atoms with van der Waals surface area (Å²) in [5, 5.41) is 4.35. The average Bonchev–Trinajstić information content (AvgIpc) is 2.61. The Balaban J connectivity index is 1.74. The molecular weight excluding hydrogens is 353 g/mol. The summed E-state index contributed by atoms with van der Waals surface area (Å²) in [6.45, 7) is -1.24. The van der Waals surface area contributed by atoms with Crippen molar-refractivity contribution >= 4 is 23.5 Å². The molecular formula is C17H13F3N2O4. The number of nitrogens with one attached hydrogen (secondary N) is 2. The lowest BCUT2D eigenvalue weighted by Crippen LogP contribution is -2.32. The first-order valence-electron chi connectivity index (χ1n) is 7.29. The fourth-order valence-electron chi connectivity index (χ4n) is 1.83. The van der Waals surface area contributed by atoms with Crippen LogP contribution >= 0.6 is 0 Å². The number of carbonyl (C=O) groups excluding carboxylic acids is 3. The first kappa shape index (κ1) is 19.0. The number of ether oxygens (including phenoxy) is 1. The Morgan fingerprint density at radius 3 is 2.23 bits per heavy atom. The Bertz CT molecular complexity index is 825. The minimum absolute atomic E-state index is 0.142. The molecule has 0 aliphatic heterocycles. The number of rotatable bonds is 6. The van der Waals surface area contributed by atoms with Crippen LogP contribution in [0.3, 0.4) is 0 Å². The van der Waals surface area contributed by atoms with E-state index in [0.717, 1.165) is 24.3 Å². The van der Waals surface area contributed by atoms with Crippen molar-refractivity contribution in [2.24, 2.45) is 0 Å². The fraction of sp³-hybridized carbons (Fsp3) is 0.118. The molecule has 0 radical (unpaired) electrons. The van der Waals surface area contributed by atoms with Crippen molar-refractivity contribution in [1.29, 1.82) is 0 Å². The molecule has 0 fully saturated rings. The van der Waals surface area contributed by atoms with Crippen molar-refractivity contribution in [3.63, 3.8) is 0 Å². The maximum atomic E-state index is 13.4. The summed E-state index contributed by atoms with van der Waals surface area (Å²) in [4.78, 5) is 34.8. The molecule has 0 spiro atoms. The quantitative estimate of drug-likeness (QED) is 0.766. The second kappa shape index (κ2) is 8.65. The number of hydrogen-bond donors (Lipinski definition) is 2. The van der Waals surface area contributed by atoms with Gasteiger partial charge in [0.2, 0.25) is 0 Å². The van der Waals surface area contributed by atoms with Gasteiger partial charge in [0, 0.05) is 11.6 Å². The highest BCUT2D eigenvalue weighted by atomic mass is 19.1. The number of esters is 1. The van der Waals surface area contributed by atoms with Gasteiger partial charge in [0.15, 0.2) is 6.61 Å². The molecule has 136 valence electrons. The van der Waals surface area contributed by atoms with E-state index in [0.29, 0.717) is 6.07 Å². The minimum Gasteiger partial charge on any atom is -0.454 e. The number of hydrogen-bond acceptors (Lipinski definition) is 4. The van der Waals surface area contributed by atoms with Crippen molar-refractivity contribution in [3.8, 4) is 0 Å². The van der Waals surface area contributed by atoms with E-state index in [9.17, 15) is 27.6 Å². The summed E-state index contributed by atoms with van der Waals surface area (Å²) in [5.74, 6) is -4.66. The third-order valence-electron chi connectivity index (χ3n) is 3.07. The zero-order valence-corrected chi connectivity index (χ0v) is 13.2. The molecule has 6 nitrogen and oxygen atoms in total. The zero-order chi connectivity index (χ0) is 19.1. The molecule has 0 heterocycles.